The zero-order valence-electron chi connectivity index (χ0n) is 15.5. The van der Waals surface area contributed by atoms with E-state index in [2.05, 4.69) is 15.5 Å². The predicted octanol–water partition coefficient (Wildman–Crippen LogP) is 3.96. The van der Waals surface area contributed by atoms with Gasteiger partial charge in [-0.1, -0.05) is 30.3 Å². The lowest BCUT2D eigenvalue weighted by Crippen LogP contribution is -2.13. The molecule has 0 saturated heterocycles. The number of halogens is 2. The average Bonchev–Trinajstić information content (AvgIpc) is 3.29. The molecule has 0 aliphatic heterocycles. The molecule has 0 aliphatic carbocycles. The number of amides is 1. The summed E-state index contributed by atoms with van der Waals surface area (Å²) in [6.07, 6.45) is 3.26. The molecular weight excluding hydrogens is 376 g/mol. The number of carbonyl (C=O) groups is 1. The summed E-state index contributed by atoms with van der Waals surface area (Å²) in [5.41, 5.74) is 2.33. The number of carbonyl (C=O) groups excluding carboxylic acids is 1. The summed E-state index contributed by atoms with van der Waals surface area (Å²) in [7, 11) is 0. The molecule has 4 rings (SSSR count). The van der Waals surface area contributed by atoms with Crippen molar-refractivity contribution in [3.63, 3.8) is 0 Å². The molecule has 8 heteroatoms. The summed E-state index contributed by atoms with van der Waals surface area (Å²) >= 11 is 0. The van der Waals surface area contributed by atoms with Crippen LogP contribution in [0.3, 0.4) is 0 Å². The van der Waals surface area contributed by atoms with Crippen LogP contribution in [-0.4, -0.2) is 25.5 Å². The first-order valence-corrected chi connectivity index (χ1v) is 8.89. The minimum atomic E-state index is -0.759. The van der Waals surface area contributed by atoms with Crippen molar-refractivity contribution in [2.24, 2.45) is 0 Å². The minimum absolute atomic E-state index is 0.0682. The van der Waals surface area contributed by atoms with Crippen LogP contribution in [0.2, 0.25) is 0 Å². The first kappa shape index (κ1) is 18.5. The van der Waals surface area contributed by atoms with Crippen LogP contribution in [0.15, 0.2) is 67.0 Å². The molecule has 0 radical (unpaired) electrons. The third kappa shape index (κ3) is 4.06. The summed E-state index contributed by atoms with van der Waals surface area (Å²) < 4.78 is 30.2. The number of nitrogens with zero attached hydrogens (tertiary/aromatic N) is 4. The van der Waals surface area contributed by atoms with Gasteiger partial charge in [0.25, 0.3) is 5.91 Å². The van der Waals surface area contributed by atoms with Gasteiger partial charge in [0, 0.05) is 18.0 Å². The second-order valence-corrected chi connectivity index (χ2v) is 6.54. The van der Waals surface area contributed by atoms with E-state index < -0.39 is 17.5 Å². The van der Waals surface area contributed by atoms with Crippen LogP contribution in [0.1, 0.15) is 21.7 Å². The Morgan fingerprint density at radius 2 is 1.90 bits per heavy atom. The van der Waals surface area contributed by atoms with E-state index in [-0.39, 0.29) is 11.4 Å². The van der Waals surface area contributed by atoms with Crippen LogP contribution in [-0.2, 0) is 6.54 Å². The number of benzene rings is 2. The molecule has 0 aliphatic rings. The predicted molar refractivity (Wildman–Crippen MR) is 104 cm³/mol. The number of nitrogens with one attached hydrogen (secondary N) is 1. The molecular formula is C21H17F2N5O. The van der Waals surface area contributed by atoms with E-state index in [1.807, 2.05) is 30.3 Å². The van der Waals surface area contributed by atoms with Crippen LogP contribution in [0.25, 0.3) is 5.69 Å². The Kier molecular flexibility index (Phi) is 4.90. The summed E-state index contributed by atoms with van der Waals surface area (Å²) in [6.45, 7) is 2.26. The number of hydrogen-bond donors (Lipinski definition) is 1. The largest absolute Gasteiger partial charge is 0.318 e. The molecule has 0 spiro atoms. The van der Waals surface area contributed by atoms with Crippen LogP contribution in [0.4, 0.5) is 14.5 Å². The SMILES string of the molecule is Cc1cc(C(=O)Nc2cnn(Cc3ccccc3)c2)nn1-c1ccc(F)cc1F. The van der Waals surface area contributed by atoms with Gasteiger partial charge in [-0.15, -0.1) is 0 Å². The zero-order chi connectivity index (χ0) is 20.4. The molecule has 6 nitrogen and oxygen atoms in total. The van der Waals surface area contributed by atoms with Crippen molar-refractivity contribution in [3.8, 4) is 5.69 Å². The molecule has 2 aromatic heterocycles. The van der Waals surface area contributed by atoms with Gasteiger partial charge in [0.2, 0.25) is 0 Å². The van der Waals surface area contributed by atoms with Crippen molar-refractivity contribution in [2.45, 2.75) is 13.5 Å². The van der Waals surface area contributed by atoms with E-state index in [0.717, 1.165) is 17.7 Å². The number of hydrogen-bond acceptors (Lipinski definition) is 3. The van der Waals surface area contributed by atoms with Crippen LogP contribution in [0.5, 0.6) is 0 Å². The molecule has 0 saturated carbocycles. The molecule has 1 amide bonds. The standard InChI is InChI=1S/C21H17F2N5O/c1-14-9-19(26-28(14)20-8-7-16(22)10-18(20)23)21(29)25-17-11-24-27(13-17)12-15-5-3-2-4-6-15/h2-11,13H,12H2,1H3,(H,25,29). The monoisotopic (exact) mass is 393 g/mol. The lowest BCUT2D eigenvalue weighted by molar-refractivity contribution is 0.102. The van der Waals surface area contributed by atoms with Gasteiger partial charge in [-0.3, -0.25) is 9.48 Å². The first-order chi connectivity index (χ1) is 14.0. The Morgan fingerprint density at radius 1 is 1.10 bits per heavy atom. The second kappa shape index (κ2) is 7.67. The van der Waals surface area contributed by atoms with Crippen LogP contribution >= 0.6 is 0 Å². The fourth-order valence-electron chi connectivity index (χ4n) is 2.96. The Labute approximate surface area is 165 Å². The molecule has 0 bridgehead atoms. The van der Waals surface area contributed by atoms with Gasteiger partial charge in [0.05, 0.1) is 18.4 Å². The number of rotatable bonds is 5. The molecule has 0 fully saturated rings. The van der Waals surface area contributed by atoms with E-state index in [1.54, 1.807) is 24.0 Å². The normalized spacial score (nSPS) is 10.9. The molecule has 2 heterocycles. The third-order valence-corrected chi connectivity index (χ3v) is 4.34. The maximum atomic E-state index is 14.0. The lowest BCUT2D eigenvalue weighted by Gasteiger charge is -2.05. The van der Waals surface area contributed by atoms with E-state index in [9.17, 15) is 13.6 Å². The molecule has 1 N–H and O–H groups in total. The maximum Gasteiger partial charge on any atom is 0.276 e. The van der Waals surface area contributed by atoms with Crippen molar-refractivity contribution in [3.05, 3.63) is 95.6 Å². The second-order valence-electron chi connectivity index (χ2n) is 6.54. The van der Waals surface area contributed by atoms with Gasteiger partial charge in [-0.2, -0.15) is 10.2 Å². The highest BCUT2D eigenvalue weighted by Crippen LogP contribution is 2.18. The summed E-state index contributed by atoms with van der Waals surface area (Å²) in [5, 5.41) is 11.1. The maximum absolute atomic E-state index is 14.0. The van der Waals surface area contributed by atoms with Crippen molar-refractivity contribution in [1.82, 2.24) is 19.6 Å². The number of anilines is 1. The number of aromatic nitrogens is 4. The van der Waals surface area contributed by atoms with E-state index in [4.69, 9.17) is 0 Å². The molecule has 4 aromatic rings. The van der Waals surface area contributed by atoms with Crippen LogP contribution in [0, 0.1) is 18.6 Å². The summed E-state index contributed by atoms with van der Waals surface area (Å²) in [5.74, 6) is -1.89. The summed E-state index contributed by atoms with van der Waals surface area (Å²) in [6, 6.07) is 14.5. The third-order valence-electron chi connectivity index (χ3n) is 4.34. The quantitative estimate of drug-likeness (QED) is 0.558. The summed E-state index contributed by atoms with van der Waals surface area (Å²) in [4.78, 5) is 12.5. The van der Waals surface area contributed by atoms with Crippen molar-refractivity contribution < 1.29 is 13.6 Å². The van der Waals surface area contributed by atoms with Crippen molar-refractivity contribution in [2.75, 3.05) is 5.32 Å². The molecule has 2 aromatic carbocycles. The van der Waals surface area contributed by atoms with Gasteiger partial charge < -0.3 is 5.32 Å². The molecule has 0 atom stereocenters. The molecule has 146 valence electrons. The number of aryl methyl sites for hydroxylation is 1. The van der Waals surface area contributed by atoms with Gasteiger partial charge in [-0.05, 0) is 30.7 Å². The highest BCUT2D eigenvalue weighted by Gasteiger charge is 2.16. The van der Waals surface area contributed by atoms with E-state index in [1.165, 1.54) is 16.8 Å². The fourth-order valence-corrected chi connectivity index (χ4v) is 2.96. The Hall–Kier alpha value is -3.81. The topological polar surface area (TPSA) is 64.7 Å². The van der Waals surface area contributed by atoms with Gasteiger partial charge >= 0.3 is 0 Å². The highest BCUT2D eigenvalue weighted by atomic mass is 19.1. The fraction of sp³-hybridized carbons (Fsp3) is 0.0952. The molecule has 29 heavy (non-hydrogen) atoms. The lowest BCUT2D eigenvalue weighted by atomic mass is 10.2. The highest BCUT2D eigenvalue weighted by molar-refractivity contribution is 6.02. The zero-order valence-corrected chi connectivity index (χ0v) is 15.5. The first-order valence-electron chi connectivity index (χ1n) is 8.89. The Bertz CT molecular complexity index is 1170. The van der Waals surface area contributed by atoms with E-state index in [0.29, 0.717) is 17.9 Å². The van der Waals surface area contributed by atoms with Crippen molar-refractivity contribution in [1.29, 1.82) is 0 Å². The van der Waals surface area contributed by atoms with E-state index >= 15 is 0 Å². The average molecular weight is 393 g/mol. The minimum Gasteiger partial charge on any atom is -0.318 e. The smallest absolute Gasteiger partial charge is 0.276 e. The van der Waals surface area contributed by atoms with Crippen molar-refractivity contribution >= 4 is 11.6 Å². The van der Waals surface area contributed by atoms with Crippen LogP contribution < -0.4 is 5.32 Å². The Balaban J connectivity index is 1.49. The van der Waals surface area contributed by atoms with Gasteiger partial charge in [0.1, 0.15) is 11.5 Å². The van der Waals surface area contributed by atoms with Gasteiger partial charge in [-0.25, -0.2) is 13.5 Å². The molecule has 0 unspecified atom stereocenters. The Morgan fingerprint density at radius 3 is 2.66 bits per heavy atom. The van der Waals surface area contributed by atoms with Gasteiger partial charge in [0.15, 0.2) is 11.5 Å².